The van der Waals surface area contributed by atoms with E-state index in [0.29, 0.717) is 24.0 Å². The van der Waals surface area contributed by atoms with Gasteiger partial charge >= 0.3 is 0 Å². The molecule has 1 aliphatic rings. The van der Waals surface area contributed by atoms with Crippen LogP contribution in [0, 0.1) is 12.8 Å². The smallest absolute Gasteiger partial charge is 0.223 e. The third-order valence-electron chi connectivity index (χ3n) is 6.62. The molecule has 1 aromatic heterocycles. The van der Waals surface area contributed by atoms with Crippen molar-refractivity contribution in [1.29, 1.82) is 0 Å². The maximum absolute atomic E-state index is 12.8. The predicted molar refractivity (Wildman–Crippen MR) is 138 cm³/mol. The van der Waals surface area contributed by atoms with Gasteiger partial charge in [-0.2, -0.15) is 0 Å². The summed E-state index contributed by atoms with van der Waals surface area (Å²) in [7, 11) is -3.53. The van der Waals surface area contributed by atoms with E-state index in [1.54, 1.807) is 30.3 Å². The van der Waals surface area contributed by atoms with Gasteiger partial charge in [0.15, 0.2) is 9.84 Å². The second-order valence-electron chi connectivity index (χ2n) is 8.86. The topological polar surface area (TPSA) is 72.3 Å². The average Bonchev–Trinajstić information content (AvgIpc) is 3.22. The maximum atomic E-state index is 12.8. The van der Waals surface area contributed by atoms with Crippen molar-refractivity contribution in [2.24, 2.45) is 5.92 Å². The number of rotatable bonds is 8. The van der Waals surface area contributed by atoms with Crippen LogP contribution < -0.4 is 0 Å². The molecule has 0 bridgehead atoms. The van der Waals surface area contributed by atoms with Crippen LogP contribution in [0.25, 0.3) is 10.8 Å². The Balaban J connectivity index is 0.00000324. The van der Waals surface area contributed by atoms with Gasteiger partial charge in [-0.15, -0.1) is 12.4 Å². The Morgan fingerprint density at radius 3 is 2.53 bits per heavy atom. The molecule has 3 aromatic rings. The van der Waals surface area contributed by atoms with Gasteiger partial charge in [0.25, 0.3) is 0 Å². The highest BCUT2D eigenvalue weighted by Crippen LogP contribution is 2.25. The molecule has 1 aliphatic heterocycles. The molecule has 2 aromatic carbocycles. The van der Waals surface area contributed by atoms with Gasteiger partial charge in [0.2, 0.25) is 5.91 Å². The summed E-state index contributed by atoms with van der Waals surface area (Å²) in [5.41, 5.74) is 0. The molecule has 6 nitrogen and oxygen atoms in total. The number of fused-ring (bicyclic) bond motifs is 1. The number of aromatic nitrogens is 2. The first-order valence-electron chi connectivity index (χ1n) is 11.5. The van der Waals surface area contributed by atoms with Crippen molar-refractivity contribution in [3.63, 3.8) is 0 Å². The molecule has 4 rings (SSSR count). The highest BCUT2D eigenvalue weighted by Gasteiger charge is 2.24. The van der Waals surface area contributed by atoms with Crippen LogP contribution in [0.4, 0.5) is 0 Å². The molecule has 1 saturated heterocycles. The normalized spacial score (nSPS) is 14.8. The van der Waals surface area contributed by atoms with Crippen LogP contribution in [-0.4, -0.2) is 47.6 Å². The lowest BCUT2D eigenvalue weighted by molar-refractivity contribution is -0.132. The largest absolute Gasteiger partial charge is 0.343 e. The van der Waals surface area contributed by atoms with Crippen molar-refractivity contribution in [2.75, 3.05) is 18.8 Å². The van der Waals surface area contributed by atoms with E-state index < -0.39 is 9.84 Å². The van der Waals surface area contributed by atoms with Crippen molar-refractivity contribution >= 4 is 50.5 Å². The van der Waals surface area contributed by atoms with E-state index in [2.05, 4.69) is 9.55 Å². The van der Waals surface area contributed by atoms with Gasteiger partial charge in [-0.3, -0.25) is 4.79 Å². The van der Waals surface area contributed by atoms with Gasteiger partial charge in [0.1, 0.15) is 5.82 Å². The first-order valence-corrected chi connectivity index (χ1v) is 13.5. The summed E-state index contributed by atoms with van der Waals surface area (Å²) in [6, 6.07) is 10.4. The Hall–Kier alpha value is -2.09. The van der Waals surface area contributed by atoms with Crippen molar-refractivity contribution in [2.45, 2.75) is 50.5 Å². The molecule has 0 atom stereocenters. The summed E-state index contributed by atoms with van der Waals surface area (Å²) >= 11 is 6.00. The number of carbonyl (C=O) groups is 1. The zero-order chi connectivity index (χ0) is 23.4. The minimum absolute atomic E-state index is 0. The van der Waals surface area contributed by atoms with Crippen LogP contribution in [0.5, 0.6) is 0 Å². The molecule has 9 heteroatoms. The first kappa shape index (κ1) is 26.5. The molecular formula is C25H31Cl2N3O3S. The van der Waals surface area contributed by atoms with E-state index in [9.17, 15) is 13.2 Å². The number of halogens is 2. The van der Waals surface area contributed by atoms with Crippen molar-refractivity contribution in [1.82, 2.24) is 14.5 Å². The Morgan fingerprint density at radius 2 is 1.82 bits per heavy atom. The number of amides is 1. The summed E-state index contributed by atoms with van der Waals surface area (Å²) in [5, 5.41) is 2.32. The molecular weight excluding hydrogens is 493 g/mol. The van der Waals surface area contributed by atoms with Crippen molar-refractivity contribution in [3.8, 4) is 0 Å². The fraction of sp³-hybridized carbons (Fsp3) is 0.440. The molecule has 1 fully saturated rings. The number of sulfone groups is 1. The number of piperidine rings is 1. The van der Waals surface area contributed by atoms with Crippen LogP contribution in [0.1, 0.15) is 37.9 Å². The molecule has 0 spiro atoms. The van der Waals surface area contributed by atoms with Crippen LogP contribution in [0.2, 0.25) is 5.02 Å². The van der Waals surface area contributed by atoms with Gasteiger partial charge < -0.3 is 9.47 Å². The van der Waals surface area contributed by atoms with Gasteiger partial charge in [-0.1, -0.05) is 23.7 Å². The molecule has 0 radical (unpaired) electrons. The second kappa shape index (κ2) is 11.6. The zero-order valence-electron chi connectivity index (χ0n) is 19.3. The van der Waals surface area contributed by atoms with Gasteiger partial charge in [0, 0.05) is 43.5 Å². The number of hydrogen-bond donors (Lipinski definition) is 0. The number of hydrogen-bond acceptors (Lipinski definition) is 4. The number of imidazole rings is 1. The quantitative estimate of drug-likeness (QED) is 0.401. The number of nitrogens with zero attached hydrogens (tertiary/aromatic N) is 3. The minimum atomic E-state index is -3.53. The second-order valence-corrected chi connectivity index (χ2v) is 11.4. The molecule has 2 heterocycles. The third kappa shape index (κ3) is 6.52. The lowest BCUT2D eigenvalue weighted by atomic mass is 9.92. The Kier molecular flexibility index (Phi) is 9.01. The van der Waals surface area contributed by atoms with Crippen LogP contribution in [0.3, 0.4) is 0 Å². The molecule has 0 N–H and O–H groups in total. The summed E-state index contributed by atoms with van der Waals surface area (Å²) in [6.45, 7) is 4.42. The fourth-order valence-corrected chi connectivity index (χ4v) is 5.99. The minimum Gasteiger partial charge on any atom is -0.343 e. The van der Waals surface area contributed by atoms with E-state index in [1.165, 1.54) is 0 Å². The molecule has 0 saturated carbocycles. The number of benzene rings is 2. The zero-order valence-corrected chi connectivity index (χ0v) is 21.7. The van der Waals surface area contributed by atoms with Crippen molar-refractivity contribution in [3.05, 3.63) is 59.6 Å². The Morgan fingerprint density at radius 1 is 1.12 bits per heavy atom. The summed E-state index contributed by atoms with van der Waals surface area (Å²) in [6.07, 6.45) is 8.07. The predicted octanol–water partition coefficient (Wildman–Crippen LogP) is 5.30. The molecule has 0 aliphatic carbocycles. The van der Waals surface area contributed by atoms with E-state index in [-0.39, 0.29) is 35.4 Å². The molecule has 0 unspecified atom stereocenters. The van der Waals surface area contributed by atoms with E-state index in [0.717, 1.165) is 48.8 Å². The van der Waals surface area contributed by atoms with E-state index in [4.69, 9.17) is 11.6 Å². The van der Waals surface area contributed by atoms with E-state index >= 15 is 0 Å². The summed E-state index contributed by atoms with van der Waals surface area (Å²) in [5.74, 6) is 1.42. The lowest BCUT2D eigenvalue weighted by Gasteiger charge is -2.32. The van der Waals surface area contributed by atoms with Crippen LogP contribution >= 0.6 is 24.0 Å². The average molecular weight is 525 g/mol. The monoisotopic (exact) mass is 523 g/mol. The van der Waals surface area contributed by atoms with Crippen LogP contribution in [0.15, 0.2) is 53.7 Å². The standard InChI is InChI=1S/C25H30ClN3O3S.ClH/c1-19-27-11-15-28(19)12-2-3-20-8-13-29(14-9-20)25(30)10-16-33(31,32)24-7-5-21-17-23(26)6-4-22(21)18-24;/h4-7,11,15,17-18,20H,2-3,8-10,12-14,16H2,1H3;1H. The highest BCUT2D eigenvalue weighted by molar-refractivity contribution is 7.91. The summed E-state index contributed by atoms with van der Waals surface area (Å²) < 4.78 is 27.8. The molecule has 1 amide bonds. The lowest BCUT2D eigenvalue weighted by Crippen LogP contribution is -2.39. The molecule has 34 heavy (non-hydrogen) atoms. The van der Waals surface area contributed by atoms with Gasteiger partial charge in [-0.05, 0) is 73.6 Å². The number of likely N-dealkylation sites (tertiary alicyclic amines) is 1. The Bertz CT molecular complexity index is 1240. The van der Waals surface area contributed by atoms with Gasteiger partial charge in [0.05, 0.1) is 10.6 Å². The van der Waals surface area contributed by atoms with E-state index in [1.807, 2.05) is 30.3 Å². The SMILES string of the molecule is Cc1nccn1CCCC1CCN(C(=O)CCS(=O)(=O)c2ccc3cc(Cl)ccc3c2)CC1.Cl. The van der Waals surface area contributed by atoms with Gasteiger partial charge in [-0.25, -0.2) is 13.4 Å². The third-order valence-corrected chi connectivity index (χ3v) is 8.57. The maximum Gasteiger partial charge on any atom is 0.223 e. The highest BCUT2D eigenvalue weighted by atomic mass is 35.5. The Labute approximate surface area is 212 Å². The number of aryl methyl sites for hydroxylation is 2. The molecule has 184 valence electrons. The first-order chi connectivity index (χ1) is 15.8. The fourth-order valence-electron chi connectivity index (χ4n) is 4.55. The van der Waals surface area contributed by atoms with Crippen molar-refractivity contribution < 1.29 is 13.2 Å². The summed E-state index contributed by atoms with van der Waals surface area (Å²) in [4.78, 5) is 19.0. The number of carbonyl (C=O) groups excluding carboxylic acids is 1. The van der Waals surface area contributed by atoms with Crippen LogP contribution in [-0.2, 0) is 21.2 Å².